The standard InChI is InChI=1S/C9H11IO2/c1-7(6-9(11)12)4-3-5-8(2)10/h3-6H,1-2H3,(H,11,12). The van der Waals surface area contributed by atoms with Crippen LogP contribution in [0.5, 0.6) is 0 Å². The van der Waals surface area contributed by atoms with Crippen molar-refractivity contribution in [2.75, 3.05) is 0 Å². The molecule has 0 rings (SSSR count). The highest BCUT2D eigenvalue weighted by atomic mass is 127. The van der Waals surface area contributed by atoms with Gasteiger partial charge in [-0.05, 0) is 45.6 Å². The van der Waals surface area contributed by atoms with E-state index in [9.17, 15) is 4.79 Å². The highest BCUT2D eigenvalue weighted by Crippen LogP contribution is 2.03. The highest BCUT2D eigenvalue weighted by Gasteiger charge is 1.87. The van der Waals surface area contributed by atoms with Crippen molar-refractivity contribution in [2.24, 2.45) is 0 Å². The van der Waals surface area contributed by atoms with Gasteiger partial charge in [-0.3, -0.25) is 0 Å². The van der Waals surface area contributed by atoms with E-state index in [1.165, 1.54) is 6.08 Å². The lowest BCUT2D eigenvalue weighted by molar-refractivity contribution is -0.131. The maximum Gasteiger partial charge on any atom is 0.328 e. The molecule has 12 heavy (non-hydrogen) atoms. The zero-order valence-electron chi connectivity index (χ0n) is 7.04. The van der Waals surface area contributed by atoms with E-state index in [1.54, 1.807) is 13.0 Å². The molecule has 0 unspecified atom stereocenters. The molecule has 0 radical (unpaired) electrons. The van der Waals surface area contributed by atoms with Crippen LogP contribution in [0.25, 0.3) is 0 Å². The van der Waals surface area contributed by atoms with Crippen LogP contribution in [0.1, 0.15) is 13.8 Å². The number of carboxylic acid groups (broad SMARTS) is 1. The second-order valence-corrected chi connectivity index (χ2v) is 4.04. The van der Waals surface area contributed by atoms with Gasteiger partial charge >= 0.3 is 5.97 Å². The normalized spacial score (nSPS) is 13.9. The van der Waals surface area contributed by atoms with Crippen molar-refractivity contribution < 1.29 is 9.90 Å². The summed E-state index contributed by atoms with van der Waals surface area (Å²) < 4.78 is 1.16. The van der Waals surface area contributed by atoms with Crippen LogP contribution in [0, 0.1) is 0 Å². The molecule has 0 bridgehead atoms. The van der Waals surface area contributed by atoms with Gasteiger partial charge in [-0.2, -0.15) is 0 Å². The van der Waals surface area contributed by atoms with Crippen LogP contribution in [-0.2, 0) is 4.79 Å². The van der Waals surface area contributed by atoms with E-state index in [4.69, 9.17) is 5.11 Å². The lowest BCUT2D eigenvalue weighted by Gasteiger charge is -1.86. The van der Waals surface area contributed by atoms with E-state index in [1.807, 2.05) is 19.1 Å². The number of allylic oxidation sites excluding steroid dienone is 5. The van der Waals surface area contributed by atoms with E-state index in [0.29, 0.717) is 0 Å². The summed E-state index contributed by atoms with van der Waals surface area (Å²) in [6, 6.07) is 0. The van der Waals surface area contributed by atoms with Crippen molar-refractivity contribution in [2.45, 2.75) is 13.8 Å². The summed E-state index contributed by atoms with van der Waals surface area (Å²) in [6.45, 7) is 3.72. The van der Waals surface area contributed by atoms with E-state index < -0.39 is 5.97 Å². The number of carboxylic acids is 1. The van der Waals surface area contributed by atoms with Crippen molar-refractivity contribution in [1.82, 2.24) is 0 Å². The van der Waals surface area contributed by atoms with Gasteiger partial charge in [0, 0.05) is 6.08 Å². The minimum atomic E-state index is -0.910. The van der Waals surface area contributed by atoms with Crippen molar-refractivity contribution in [3.05, 3.63) is 33.5 Å². The molecule has 0 aliphatic rings. The summed E-state index contributed by atoms with van der Waals surface area (Å²) in [4.78, 5) is 10.2. The zero-order valence-corrected chi connectivity index (χ0v) is 9.20. The van der Waals surface area contributed by atoms with Gasteiger partial charge in [0.1, 0.15) is 0 Å². The third-order valence-electron chi connectivity index (χ3n) is 1.04. The van der Waals surface area contributed by atoms with Crippen molar-refractivity contribution in [1.29, 1.82) is 0 Å². The molecule has 1 N–H and O–H groups in total. The van der Waals surface area contributed by atoms with Gasteiger partial charge in [-0.25, -0.2) is 4.79 Å². The van der Waals surface area contributed by atoms with Gasteiger partial charge < -0.3 is 5.11 Å². The second-order valence-electron chi connectivity index (χ2n) is 2.34. The Morgan fingerprint density at radius 1 is 1.42 bits per heavy atom. The Labute approximate surface area is 85.8 Å². The van der Waals surface area contributed by atoms with Gasteiger partial charge in [0.05, 0.1) is 0 Å². The van der Waals surface area contributed by atoms with E-state index in [2.05, 4.69) is 22.6 Å². The Hall–Kier alpha value is -0.580. The van der Waals surface area contributed by atoms with Crippen LogP contribution in [-0.4, -0.2) is 11.1 Å². The number of carbonyl (C=O) groups is 1. The molecule has 66 valence electrons. The first-order valence-electron chi connectivity index (χ1n) is 3.44. The van der Waals surface area contributed by atoms with Crippen LogP contribution in [0.15, 0.2) is 33.5 Å². The Kier molecular flexibility index (Phi) is 5.70. The maximum absolute atomic E-state index is 10.2. The summed E-state index contributed by atoms with van der Waals surface area (Å²) in [5.41, 5.74) is 0.733. The minimum Gasteiger partial charge on any atom is -0.478 e. The number of hydrogen-bond donors (Lipinski definition) is 1. The Morgan fingerprint density at radius 3 is 2.42 bits per heavy atom. The largest absolute Gasteiger partial charge is 0.478 e. The predicted molar refractivity (Wildman–Crippen MR) is 58.3 cm³/mol. The lowest BCUT2D eigenvalue weighted by Crippen LogP contribution is -1.87. The molecular weight excluding hydrogens is 267 g/mol. The Balaban J connectivity index is 4.18. The highest BCUT2D eigenvalue weighted by molar-refractivity contribution is 14.1. The van der Waals surface area contributed by atoms with Crippen LogP contribution >= 0.6 is 22.6 Å². The average Bonchev–Trinajstić information content (AvgIpc) is 1.84. The predicted octanol–water partition coefficient (Wildman–Crippen LogP) is 2.91. The van der Waals surface area contributed by atoms with E-state index in [0.717, 1.165) is 9.15 Å². The second kappa shape index (κ2) is 5.99. The SMILES string of the molecule is CC(I)=CC=CC(C)=CC(=O)O. The molecule has 0 aromatic rings. The molecule has 0 fully saturated rings. The van der Waals surface area contributed by atoms with Crippen LogP contribution in [0.4, 0.5) is 0 Å². The summed E-state index contributed by atoms with van der Waals surface area (Å²) >= 11 is 2.19. The zero-order chi connectivity index (χ0) is 9.56. The first-order chi connectivity index (χ1) is 5.52. The molecule has 0 saturated carbocycles. The monoisotopic (exact) mass is 278 g/mol. The lowest BCUT2D eigenvalue weighted by atomic mass is 10.2. The third-order valence-corrected chi connectivity index (χ3v) is 1.40. The van der Waals surface area contributed by atoms with E-state index in [-0.39, 0.29) is 0 Å². The van der Waals surface area contributed by atoms with Crippen LogP contribution < -0.4 is 0 Å². The van der Waals surface area contributed by atoms with Gasteiger partial charge in [0.2, 0.25) is 0 Å². The van der Waals surface area contributed by atoms with Crippen LogP contribution in [0.2, 0.25) is 0 Å². The molecule has 0 atom stereocenters. The summed E-state index contributed by atoms with van der Waals surface area (Å²) in [5, 5.41) is 8.37. The molecular formula is C9H11IO2. The molecule has 3 heteroatoms. The van der Waals surface area contributed by atoms with Gasteiger partial charge in [0.25, 0.3) is 0 Å². The summed E-state index contributed by atoms with van der Waals surface area (Å²) in [6.07, 6.45) is 6.68. The summed E-state index contributed by atoms with van der Waals surface area (Å²) in [5.74, 6) is -0.910. The number of hydrogen-bond acceptors (Lipinski definition) is 1. The molecule has 0 amide bonds. The fraction of sp³-hybridized carbons (Fsp3) is 0.222. The van der Waals surface area contributed by atoms with Gasteiger partial charge in [-0.15, -0.1) is 0 Å². The summed E-state index contributed by atoms with van der Waals surface area (Å²) in [7, 11) is 0. The average molecular weight is 278 g/mol. The first kappa shape index (κ1) is 11.4. The molecule has 0 spiro atoms. The minimum absolute atomic E-state index is 0.733. The molecule has 0 aromatic heterocycles. The van der Waals surface area contributed by atoms with Gasteiger partial charge in [-0.1, -0.05) is 18.2 Å². The van der Waals surface area contributed by atoms with Crippen molar-refractivity contribution in [3.8, 4) is 0 Å². The third kappa shape index (κ3) is 7.53. The maximum atomic E-state index is 10.2. The number of halogens is 1. The van der Waals surface area contributed by atoms with Crippen molar-refractivity contribution in [3.63, 3.8) is 0 Å². The van der Waals surface area contributed by atoms with Gasteiger partial charge in [0.15, 0.2) is 0 Å². The quantitative estimate of drug-likeness (QED) is 0.489. The number of aliphatic carboxylic acids is 1. The molecule has 2 nitrogen and oxygen atoms in total. The van der Waals surface area contributed by atoms with Crippen LogP contribution in [0.3, 0.4) is 0 Å². The number of rotatable bonds is 3. The fourth-order valence-electron chi connectivity index (χ4n) is 0.575. The molecule has 0 aliphatic heterocycles. The molecule has 0 aromatic carbocycles. The molecule has 0 aliphatic carbocycles. The topological polar surface area (TPSA) is 37.3 Å². The smallest absolute Gasteiger partial charge is 0.328 e. The Morgan fingerprint density at radius 2 is 2.00 bits per heavy atom. The fourth-order valence-corrected chi connectivity index (χ4v) is 0.783. The molecule has 0 saturated heterocycles. The van der Waals surface area contributed by atoms with E-state index >= 15 is 0 Å². The molecule has 0 heterocycles. The first-order valence-corrected chi connectivity index (χ1v) is 4.52. The Bertz CT molecular complexity index is 245. The van der Waals surface area contributed by atoms with Crippen molar-refractivity contribution >= 4 is 28.6 Å².